The van der Waals surface area contributed by atoms with Gasteiger partial charge in [-0.2, -0.15) is 0 Å². The van der Waals surface area contributed by atoms with Gasteiger partial charge in [-0.1, -0.05) is 0 Å². The fourth-order valence-corrected chi connectivity index (χ4v) is 2.43. The molecule has 3 amide bonds. The van der Waals surface area contributed by atoms with Gasteiger partial charge in [0.25, 0.3) is 5.91 Å². The van der Waals surface area contributed by atoms with E-state index < -0.39 is 5.91 Å². The lowest BCUT2D eigenvalue weighted by Gasteiger charge is -2.35. The molecule has 23 heavy (non-hydrogen) atoms. The number of ether oxygens (including phenoxy) is 1. The minimum Gasteiger partial charge on any atom is -0.488 e. The fourth-order valence-electron chi connectivity index (χ4n) is 2.43. The molecule has 1 aliphatic heterocycles. The van der Waals surface area contributed by atoms with Crippen molar-refractivity contribution in [2.24, 2.45) is 5.73 Å². The lowest BCUT2D eigenvalue weighted by Crippen LogP contribution is -2.53. The zero-order valence-corrected chi connectivity index (χ0v) is 13.8. The summed E-state index contributed by atoms with van der Waals surface area (Å²) in [5.41, 5.74) is 5.11. The molecule has 3 N–H and O–H groups in total. The molecule has 1 fully saturated rings. The number of hydrogen-bond donors (Lipinski definition) is 2. The first-order valence-corrected chi connectivity index (χ1v) is 7.74. The number of carbonyl (C=O) groups excluding carboxylic acids is 2. The number of nitrogens with two attached hydrogens (primary N) is 1. The average molecular weight is 320 g/mol. The highest BCUT2D eigenvalue weighted by molar-refractivity contribution is 5.91. The molecule has 1 saturated heterocycles. The van der Waals surface area contributed by atoms with Crippen molar-refractivity contribution in [1.82, 2.24) is 15.2 Å². The molecule has 1 unspecified atom stereocenters. The number of carbonyl (C=O) groups is 2. The van der Waals surface area contributed by atoms with Crippen molar-refractivity contribution in [3.8, 4) is 5.75 Å². The van der Waals surface area contributed by atoms with E-state index in [4.69, 9.17) is 10.5 Å². The number of pyridine rings is 1. The van der Waals surface area contributed by atoms with E-state index in [2.05, 4.69) is 10.3 Å². The van der Waals surface area contributed by atoms with Gasteiger partial charge in [-0.25, -0.2) is 4.79 Å². The van der Waals surface area contributed by atoms with Crippen LogP contribution in [-0.2, 0) is 0 Å². The Morgan fingerprint density at radius 3 is 2.83 bits per heavy atom. The molecule has 0 bridgehead atoms. The first-order chi connectivity index (χ1) is 10.7. The molecule has 1 aliphatic rings. The molecule has 2 heterocycles. The fraction of sp³-hybridized carbons (Fsp3) is 0.562. The molecule has 7 heteroatoms. The van der Waals surface area contributed by atoms with Gasteiger partial charge >= 0.3 is 6.03 Å². The Bertz CT molecular complexity index is 583. The first kappa shape index (κ1) is 17.1. The molecule has 0 radical (unpaired) electrons. The maximum absolute atomic E-state index is 12.2. The maximum atomic E-state index is 12.2. The summed E-state index contributed by atoms with van der Waals surface area (Å²) in [7, 11) is 0. The Labute approximate surface area is 136 Å². The Hall–Kier alpha value is -2.31. The molecule has 1 atom stereocenters. The number of urea groups is 1. The average Bonchev–Trinajstić information content (AvgIpc) is 2.46. The van der Waals surface area contributed by atoms with Crippen LogP contribution in [-0.4, -0.2) is 46.6 Å². The maximum Gasteiger partial charge on any atom is 0.317 e. The molecular weight excluding hydrogens is 296 g/mol. The van der Waals surface area contributed by atoms with Gasteiger partial charge in [-0.05, 0) is 39.7 Å². The monoisotopic (exact) mass is 320 g/mol. The van der Waals surface area contributed by atoms with Gasteiger partial charge in [0, 0.05) is 24.3 Å². The Morgan fingerprint density at radius 1 is 1.43 bits per heavy atom. The highest BCUT2D eigenvalue weighted by Crippen LogP contribution is 2.19. The highest BCUT2D eigenvalue weighted by Gasteiger charge is 2.27. The lowest BCUT2D eigenvalue weighted by molar-refractivity contribution is 0.0971. The summed E-state index contributed by atoms with van der Waals surface area (Å²) >= 11 is 0. The van der Waals surface area contributed by atoms with E-state index in [-0.39, 0.29) is 23.4 Å². The number of amides is 3. The third kappa shape index (κ3) is 5.12. The zero-order valence-electron chi connectivity index (χ0n) is 13.8. The van der Waals surface area contributed by atoms with Crippen LogP contribution in [0.25, 0.3) is 0 Å². The minimum absolute atomic E-state index is 0.0849. The smallest absolute Gasteiger partial charge is 0.317 e. The number of likely N-dealkylation sites (tertiary alicyclic amines) is 1. The topological polar surface area (TPSA) is 97.6 Å². The number of aromatic nitrogens is 1. The molecule has 2 rings (SSSR count). The van der Waals surface area contributed by atoms with Crippen molar-refractivity contribution < 1.29 is 14.3 Å². The third-order valence-corrected chi connectivity index (χ3v) is 3.43. The predicted octanol–water partition coefficient (Wildman–Crippen LogP) is 1.53. The molecule has 0 spiro atoms. The van der Waals surface area contributed by atoms with Crippen molar-refractivity contribution >= 4 is 11.9 Å². The van der Waals surface area contributed by atoms with Crippen LogP contribution in [0.5, 0.6) is 5.75 Å². The number of nitrogens with one attached hydrogen (secondary N) is 1. The molecule has 0 saturated carbocycles. The second kappa shape index (κ2) is 6.85. The van der Waals surface area contributed by atoms with Crippen LogP contribution in [0.2, 0.25) is 0 Å². The number of nitrogens with zero attached hydrogens (tertiary/aromatic N) is 2. The van der Waals surface area contributed by atoms with Gasteiger partial charge in [0.05, 0.1) is 6.54 Å². The van der Waals surface area contributed by atoms with Gasteiger partial charge in [-0.3, -0.25) is 9.78 Å². The van der Waals surface area contributed by atoms with Crippen molar-refractivity contribution in [1.29, 1.82) is 0 Å². The number of piperidine rings is 1. The van der Waals surface area contributed by atoms with Crippen LogP contribution in [0.4, 0.5) is 4.79 Å². The van der Waals surface area contributed by atoms with Gasteiger partial charge in [0.2, 0.25) is 0 Å². The number of rotatable bonds is 3. The molecule has 126 valence electrons. The molecule has 0 aliphatic carbocycles. The van der Waals surface area contributed by atoms with Crippen LogP contribution >= 0.6 is 0 Å². The third-order valence-electron chi connectivity index (χ3n) is 3.43. The predicted molar refractivity (Wildman–Crippen MR) is 86.3 cm³/mol. The summed E-state index contributed by atoms with van der Waals surface area (Å²) in [6.45, 7) is 7.07. The Morgan fingerprint density at radius 2 is 2.17 bits per heavy atom. The summed E-state index contributed by atoms with van der Waals surface area (Å²) < 4.78 is 5.89. The number of primary amides is 1. The lowest BCUT2D eigenvalue weighted by atomic mass is 10.1. The van der Waals surface area contributed by atoms with Crippen LogP contribution < -0.4 is 15.8 Å². The Kier molecular flexibility index (Phi) is 5.08. The van der Waals surface area contributed by atoms with E-state index in [0.717, 1.165) is 12.8 Å². The van der Waals surface area contributed by atoms with Gasteiger partial charge < -0.3 is 20.7 Å². The highest BCUT2D eigenvalue weighted by atomic mass is 16.5. The van der Waals surface area contributed by atoms with Crippen LogP contribution in [0.1, 0.15) is 44.1 Å². The van der Waals surface area contributed by atoms with Crippen LogP contribution in [0.3, 0.4) is 0 Å². The molecule has 1 aromatic heterocycles. The first-order valence-electron chi connectivity index (χ1n) is 7.74. The van der Waals surface area contributed by atoms with Crippen molar-refractivity contribution in [2.45, 2.75) is 45.3 Å². The summed E-state index contributed by atoms with van der Waals surface area (Å²) in [5, 5.41) is 2.96. The molecule has 7 nitrogen and oxygen atoms in total. The van der Waals surface area contributed by atoms with Gasteiger partial charge in [0.1, 0.15) is 17.5 Å². The van der Waals surface area contributed by atoms with E-state index in [9.17, 15) is 9.59 Å². The largest absolute Gasteiger partial charge is 0.488 e. The van der Waals surface area contributed by atoms with E-state index >= 15 is 0 Å². The summed E-state index contributed by atoms with van der Waals surface area (Å²) in [5.74, 6) is -0.0536. The van der Waals surface area contributed by atoms with Crippen LogP contribution in [0, 0.1) is 0 Å². The van der Waals surface area contributed by atoms with Gasteiger partial charge in [-0.15, -0.1) is 0 Å². The Balaban J connectivity index is 1.97. The quantitative estimate of drug-likeness (QED) is 0.882. The van der Waals surface area contributed by atoms with E-state index in [1.807, 2.05) is 20.8 Å². The summed E-state index contributed by atoms with van der Waals surface area (Å²) in [4.78, 5) is 29.1. The molecule has 1 aromatic rings. The van der Waals surface area contributed by atoms with Crippen LogP contribution in [0.15, 0.2) is 18.3 Å². The van der Waals surface area contributed by atoms with Gasteiger partial charge in [0.15, 0.2) is 0 Å². The normalized spacial score (nSPS) is 18.4. The second-order valence-corrected chi connectivity index (χ2v) is 6.75. The van der Waals surface area contributed by atoms with Crippen molar-refractivity contribution in [2.75, 3.05) is 13.1 Å². The summed E-state index contributed by atoms with van der Waals surface area (Å²) in [6.07, 6.45) is 3.10. The second-order valence-electron chi connectivity index (χ2n) is 6.75. The van der Waals surface area contributed by atoms with Crippen molar-refractivity contribution in [3.05, 3.63) is 24.0 Å². The van der Waals surface area contributed by atoms with Crippen molar-refractivity contribution in [3.63, 3.8) is 0 Å². The molecule has 0 aromatic carbocycles. The van der Waals surface area contributed by atoms with E-state index in [0.29, 0.717) is 18.8 Å². The van der Waals surface area contributed by atoms with E-state index in [1.54, 1.807) is 11.0 Å². The number of hydrogen-bond acceptors (Lipinski definition) is 4. The molecular formula is C16H24N4O3. The standard InChI is InChI=1S/C16H24N4O3/c1-16(2,3)19-15(22)20-8-4-5-12(10-20)23-11-6-7-18-13(9-11)14(17)21/h6-7,9,12H,4-5,8,10H2,1-3H3,(H2,17,21)(H,19,22). The minimum atomic E-state index is -0.592. The SMILES string of the molecule is CC(C)(C)NC(=O)N1CCCC(Oc2ccnc(C(N)=O)c2)C1. The summed E-state index contributed by atoms with van der Waals surface area (Å²) in [6, 6.07) is 3.12. The van der Waals surface area contributed by atoms with E-state index in [1.165, 1.54) is 12.3 Å². The zero-order chi connectivity index (χ0) is 17.0.